The molecule has 1 aliphatic carbocycles. The molecule has 1 fully saturated rings. The van der Waals surface area contributed by atoms with Gasteiger partial charge in [0, 0.05) is 24.7 Å². The summed E-state index contributed by atoms with van der Waals surface area (Å²) in [6.07, 6.45) is 8.46. The highest BCUT2D eigenvalue weighted by atomic mass is 16.1. The highest BCUT2D eigenvalue weighted by Crippen LogP contribution is 2.17. The maximum Gasteiger partial charge on any atom is 0.225 e. The first kappa shape index (κ1) is 15.0. The molecule has 1 aromatic rings. The molecule has 1 saturated carbocycles. The van der Waals surface area contributed by atoms with Crippen molar-refractivity contribution in [1.82, 2.24) is 5.32 Å². The molecule has 0 unspecified atom stereocenters. The molecule has 3 heteroatoms. The lowest BCUT2D eigenvalue weighted by Crippen LogP contribution is -2.31. The molecule has 0 heterocycles. The second-order valence-corrected chi connectivity index (χ2v) is 5.81. The number of amides is 1. The van der Waals surface area contributed by atoms with Crippen LogP contribution in [-0.4, -0.2) is 18.5 Å². The van der Waals surface area contributed by atoms with E-state index in [1.807, 2.05) is 31.2 Å². The van der Waals surface area contributed by atoms with Gasteiger partial charge in [0.25, 0.3) is 0 Å². The number of nitrogens with one attached hydrogen (secondary N) is 2. The van der Waals surface area contributed by atoms with Gasteiger partial charge < -0.3 is 10.6 Å². The Kier molecular flexibility index (Phi) is 6.06. The van der Waals surface area contributed by atoms with Crippen molar-refractivity contribution in [3.63, 3.8) is 0 Å². The quantitative estimate of drug-likeness (QED) is 0.805. The van der Waals surface area contributed by atoms with Gasteiger partial charge >= 0.3 is 0 Å². The van der Waals surface area contributed by atoms with E-state index in [0.717, 1.165) is 12.2 Å². The van der Waals surface area contributed by atoms with Crippen LogP contribution in [0.1, 0.15) is 50.5 Å². The van der Waals surface area contributed by atoms with Crippen LogP contribution in [0.25, 0.3) is 0 Å². The second-order valence-electron chi connectivity index (χ2n) is 5.81. The summed E-state index contributed by atoms with van der Waals surface area (Å²) in [5.41, 5.74) is 2.06. The first-order valence-corrected chi connectivity index (χ1v) is 7.84. The van der Waals surface area contributed by atoms with Crippen LogP contribution in [0.5, 0.6) is 0 Å². The van der Waals surface area contributed by atoms with Gasteiger partial charge in [-0.1, -0.05) is 37.8 Å². The smallest absolute Gasteiger partial charge is 0.225 e. The van der Waals surface area contributed by atoms with E-state index in [2.05, 4.69) is 10.6 Å². The molecule has 2 rings (SSSR count). The van der Waals surface area contributed by atoms with Crippen LogP contribution in [0.15, 0.2) is 24.3 Å². The monoisotopic (exact) mass is 274 g/mol. The van der Waals surface area contributed by atoms with E-state index in [-0.39, 0.29) is 5.91 Å². The van der Waals surface area contributed by atoms with Crippen LogP contribution in [-0.2, 0) is 4.79 Å². The minimum atomic E-state index is 0.0942. The van der Waals surface area contributed by atoms with E-state index in [0.29, 0.717) is 12.5 Å². The molecule has 0 atom stereocenters. The predicted octanol–water partition coefficient (Wildman–Crippen LogP) is 3.64. The van der Waals surface area contributed by atoms with Crippen LogP contribution in [0.3, 0.4) is 0 Å². The van der Waals surface area contributed by atoms with Crippen molar-refractivity contribution < 1.29 is 4.79 Å². The molecule has 1 aromatic carbocycles. The lowest BCUT2D eigenvalue weighted by atomic mass is 10.1. The van der Waals surface area contributed by atoms with Crippen LogP contribution in [0, 0.1) is 6.92 Å². The Morgan fingerprint density at radius 1 is 1.20 bits per heavy atom. The third-order valence-electron chi connectivity index (χ3n) is 3.94. The molecule has 0 aliphatic heterocycles. The number of aryl methyl sites for hydroxylation is 1. The molecule has 0 radical (unpaired) electrons. The molecule has 3 nitrogen and oxygen atoms in total. The zero-order valence-corrected chi connectivity index (χ0v) is 12.5. The Labute approximate surface area is 122 Å². The number of benzene rings is 1. The molecule has 20 heavy (non-hydrogen) atoms. The molecule has 0 spiro atoms. The van der Waals surface area contributed by atoms with Crippen molar-refractivity contribution in [2.24, 2.45) is 0 Å². The van der Waals surface area contributed by atoms with E-state index in [4.69, 9.17) is 0 Å². The maximum absolute atomic E-state index is 11.9. The third kappa shape index (κ3) is 5.33. The van der Waals surface area contributed by atoms with Crippen LogP contribution in [0.2, 0.25) is 0 Å². The fraction of sp³-hybridized carbons (Fsp3) is 0.588. The predicted molar refractivity (Wildman–Crippen MR) is 83.9 cm³/mol. The zero-order valence-electron chi connectivity index (χ0n) is 12.5. The van der Waals surface area contributed by atoms with Crippen molar-refractivity contribution in [2.75, 3.05) is 11.9 Å². The van der Waals surface area contributed by atoms with Gasteiger partial charge in [-0.15, -0.1) is 0 Å². The van der Waals surface area contributed by atoms with E-state index in [1.54, 1.807) is 0 Å². The third-order valence-corrected chi connectivity index (χ3v) is 3.94. The number of rotatable bonds is 5. The SMILES string of the molecule is Cc1cccc(NC(=O)CCNC2CCCCCC2)c1. The standard InChI is InChI=1S/C17H26N2O/c1-14-7-6-10-16(13-14)19-17(20)11-12-18-15-8-4-2-3-5-9-15/h6-7,10,13,15,18H,2-5,8-9,11-12H2,1H3,(H,19,20). The fourth-order valence-corrected chi connectivity index (χ4v) is 2.82. The Morgan fingerprint density at radius 3 is 2.65 bits per heavy atom. The number of anilines is 1. The summed E-state index contributed by atoms with van der Waals surface area (Å²) in [5, 5.41) is 6.48. The Bertz CT molecular complexity index is 423. The van der Waals surface area contributed by atoms with Gasteiger partial charge in [-0.3, -0.25) is 4.79 Å². The van der Waals surface area contributed by atoms with Crippen LogP contribution < -0.4 is 10.6 Å². The Morgan fingerprint density at radius 2 is 1.95 bits per heavy atom. The average molecular weight is 274 g/mol. The first-order valence-electron chi connectivity index (χ1n) is 7.84. The summed E-state index contributed by atoms with van der Waals surface area (Å²) in [4.78, 5) is 11.9. The van der Waals surface area contributed by atoms with Gasteiger partial charge in [0.1, 0.15) is 0 Å². The van der Waals surface area contributed by atoms with E-state index in [9.17, 15) is 4.79 Å². The van der Waals surface area contributed by atoms with Gasteiger partial charge in [0.15, 0.2) is 0 Å². The lowest BCUT2D eigenvalue weighted by Gasteiger charge is -2.15. The molecular weight excluding hydrogens is 248 g/mol. The van der Waals surface area contributed by atoms with Crippen molar-refractivity contribution in [3.05, 3.63) is 29.8 Å². The van der Waals surface area contributed by atoms with Crippen molar-refractivity contribution in [3.8, 4) is 0 Å². The van der Waals surface area contributed by atoms with Gasteiger partial charge in [-0.25, -0.2) is 0 Å². The maximum atomic E-state index is 11.9. The van der Waals surface area contributed by atoms with Gasteiger partial charge in [0.2, 0.25) is 5.91 Å². The van der Waals surface area contributed by atoms with Crippen molar-refractivity contribution >= 4 is 11.6 Å². The highest BCUT2D eigenvalue weighted by molar-refractivity contribution is 5.90. The van der Waals surface area contributed by atoms with E-state index >= 15 is 0 Å². The van der Waals surface area contributed by atoms with Crippen LogP contribution >= 0.6 is 0 Å². The molecule has 2 N–H and O–H groups in total. The second kappa shape index (κ2) is 8.05. The number of carbonyl (C=O) groups excluding carboxylic acids is 1. The Balaban J connectivity index is 1.67. The summed E-state index contributed by atoms with van der Waals surface area (Å²) in [7, 11) is 0. The number of hydrogen-bond acceptors (Lipinski definition) is 2. The fourth-order valence-electron chi connectivity index (χ4n) is 2.82. The molecule has 110 valence electrons. The van der Waals surface area contributed by atoms with Gasteiger partial charge in [-0.2, -0.15) is 0 Å². The molecule has 0 saturated heterocycles. The van der Waals surface area contributed by atoms with Crippen molar-refractivity contribution in [2.45, 2.75) is 57.9 Å². The molecular formula is C17H26N2O. The summed E-state index contributed by atoms with van der Waals surface area (Å²) in [6, 6.07) is 8.54. The Hall–Kier alpha value is -1.35. The minimum absolute atomic E-state index is 0.0942. The molecule has 1 amide bonds. The van der Waals surface area contributed by atoms with E-state index in [1.165, 1.54) is 44.1 Å². The molecule has 1 aliphatic rings. The minimum Gasteiger partial charge on any atom is -0.326 e. The number of carbonyl (C=O) groups is 1. The zero-order chi connectivity index (χ0) is 14.2. The summed E-state index contributed by atoms with van der Waals surface area (Å²) < 4.78 is 0. The van der Waals surface area contributed by atoms with E-state index < -0.39 is 0 Å². The highest BCUT2D eigenvalue weighted by Gasteiger charge is 2.11. The van der Waals surface area contributed by atoms with Crippen molar-refractivity contribution in [1.29, 1.82) is 0 Å². The topological polar surface area (TPSA) is 41.1 Å². The van der Waals surface area contributed by atoms with Gasteiger partial charge in [0.05, 0.1) is 0 Å². The largest absolute Gasteiger partial charge is 0.326 e. The molecule has 0 bridgehead atoms. The first-order chi connectivity index (χ1) is 9.74. The lowest BCUT2D eigenvalue weighted by molar-refractivity contribution is -0.116. The van der Waals surface area contributed by atoms with Gasteiger partial charge in [-0.05, 0) is 37.5 Å². The normalized spacial score (nSPS) is 16.6. The molecule has 0 aromatic heterocycles. The summed E-state index contributed by atoms with van der Waals surface area (Å²) >= 11 is 0. The summed E-state index contributed by atoms with van der Waals surface area (Å²) in [5.74, 6) is 0.0942. The summed E-state index contributed by atoms with van der Waals surface area (Å²) in [6.45, 7) is 2.81. The average Bonchev–Trinajstić information content (AvgIpc) is 2.67. The number of hydrogen-bond donors (Lipinski definition) is 2. The van der Waals surface area contributed by atoms with Crippen LogP contribution in [0.4, 0.5) is 5.69 Å².